The number of benzene rings is 2. The number of rotatable bonds is 4. The minimum atomic E-state index is -0.234. The van der Waals surface area contributed by atoms with Crippen LogP contribution in [0.1, 0.15) is 43.2 Å². The Labute approximate surface area is 148 Å². The summed E-state index contributed by atoms with van der Waals surface area (Å²) in [6, 6.07) is 17.1. The molecule has 0 bridgehead atoms. The average Bonchev–Trinajstić information content (AvgIpc) is 2.62. The van der Waals surface area contributed by atoms with Crippen molar-refractivity contribution in [1.82, 2.24) is 4.90 Å². The number of carbonyl (C=O) groups excluding carboxylic acids is 1. The molecule has 0 aromatic heterocycles. The molecule has 0 N–H and O–H groups in total. The first-order valence-electron chi connectivity index (χ1n) is 9.30. The van der Waals surface area contributed by atoms with Gasteiger partial charge in [-0.25, -0.2) is 4.39 Å². The molecule has 1 heterocycles. The molecule has 4 rings (SSSR count). The molecule has 3 heteroatoms. The summed E-state index contributed by atoms with van der Waals surface area (Å²) in [6.07, 6.45) is 5.77. The van der Waals surface area contributed by atoms with Crippen LogP contribution in [-0.2, 0) is 16.8 Å². The summed E-state index contributed by atoms with van der Waals surface area (Å²) >= 11 is 0. The van der Waals surface area contributed by atoms with Crippen molar-refractivity contribution in [2.75, 3.05) is 6.54 Å². The second-order valence-electron chi connectivity index (χ2n) is 7.37. The number of aryl methyl sites for hydroxylation is 1. The molecule has 0 unspecified atom stereocenters. The largest absolute Gasteiger partial charge is 0.332 e. The zero-order chi connectivity index (χ0) is 17.3. The zero-order valence-electron chi connectivity index (χ0n) is 14.5. The maximum atomic E-state index is 13.3. The highest BCUT2D eigenvalue weighted by molar-refractivity contribution is 5.79. The van der Waals surface area contributed by atoms with Crippen molar-refractivity contribution in [3.8, 4) is 0 Å². The van der Waals surface area contributed by atoms with Gasteiger partial charge in [0.2, 0.25) is 5.91 Å². The summed E-state index contributed by atoms with van der Waals surface area (Å²) < 4.78 is 13.3. The number of hydrogen-bond donors (Lipinski definition) is 0. The lowest BCUT2D eigenvalue weighted by Gasteiger charge is -2.61. The third-order valence-electron chi connectivity index (χ3n) is 6.01. The molecule has 1 saturated heterocycles. The van der Waals surface area contributed by atoms with Crippen molar-refractivity contribution in [3.63, 3.8) is 0 Å². The van der Waals surface area contributed by atoms with Crippen LogP contribution in [0.25, 0.3) is 0 Å². The Hall–Kier alpha value is -2.16. The SMILES string of the molecule is O=C(CCc1cccc(F)c1)N1C[C@@H]2CCCC[C@]21c1ccccc1. The summed E-state index contributed by atoms with van der Waals surface area (Å²) in [6.45, 7) is 0.872. The number of halogens is 1. The Morgan fingerprint density at radius 1 is 1.12 bits per heavy atom. The number of amides is 1. The first-order chi connectivity index (χ1) is 12.2. The molecule has 2 aliphatic rings. The summed E-state index contributed by atoms with van der Waals surface area (Å²) in [5.74, 6) is 0.551. The molecule has 2 fully saturated rings. The summed E-state index contributed by atoms with van der Waals surface area (Å²) in [5, 5.41) is 0. The fourth-order valence-electron chi connectivity index (χ4n) is 4.76. The third kappa shape index (κ3) is 2.86. The van der Waals surface area contributed by atoms with E-state index in [1.54, 1.807) is 6.07 Å². The third-order valence-corrected chi connectivity index (χ3v) is 6.01. The second kappa shape index (κ2) is 6.62. The van der Waals surface area contributed by atoms with Gasteiger partial charge in [0, 0.05) is 18.9 Å². The highest BCUT2D eigenvalue weighted by Crippen LogP contribution is 2.53. The lowest BCUT2D eigenvalue weighted by molar-refractivity contribution is -0.166. The second-order valence-corrected chi connectivity index (χ2v) is 7.37. The van der Waals surface area contributed by atoms with E-state index in [-0.39, 0.29) is 17.3 Å². The molecule has 130 valence electrons. The quantitative estimate of drug-likeness (QED) is 0.793. The Morgan fingerprint density at radius 2 is 1.96 bits per heavy atom. The average molecular weight is 337 g/mol. The smallest absolute Gasteiger partial charge is 0.223 e. The summed E-state index contributed by atoms with van der Waals surface area (Å²) in [4.78, 5) is 15.1. The molecule has 0 spiro atoms. The molecule has 2 atom stereocenters. The molecule has 1 saturated carbocycles. The monoisotopic (exact) mass is 337 g/mol. The van der Waals surface area contributed by atoms with Crippen molar-refractivity contribution >= 4 is 5.91 Å². The van der Waals surface area contributed by atoms with Gasteiger partial charge in [-0.05, 0) is 42.5 Å². The summed E-state index contributed by atoms with van der Waals surface area (Å²) in [5.41, 5.74) is 2.08. The fourth-order valence-corrected chi connectivity index (χ4v) is 4.76. The van der Waals surface area contributed by atoms with Crippen LogP contribution in [0.4, 0.5) is 4.39 Å². The van der Waals surface area contributed by atoms with E-state index in [2.05, 4.69) is 29.2 Å². The molecule has 2 nitrogen and oxygen atoms in total. The van der Waals surface area contributed by atoms with Crippen molar-refractivity contribution in [2.24, 2.45) is 5.92 Å². The van der Waals surface area contributed by atoms with Gasteiger partial charge in [-0.2, -0.15) is 0 Å². The van der Waals surface area contributed by atoms with Crippen molar-refractivity contribution in [3.05, 3.63) is 71.5 Å². The molecule has 0 radical (unpaired) electrons. The van der Waals surface area contributed by atoms with E-state index in [9.17, 15) is 9.18 Å². The molecule has 1 aliphatic carbocycles. The molecule has 2 aromatic rings. The molecule has 1 aliphatic heterocycles. The Balaban J connectivity index is 1.52. The number of fused-ring (bicyclic) bond motifs is 1. The van der Waals surface area contributed by atoms with Crippen molar-refractivity contribution in [2.45, 2.75) is 44.1 Å². The Bertz CT molecular complexity index is 760. The van der Waals surface area contributed by atoms with Gasteiger partial charge in [-0.15, -0.1) is 0 Å². The number of hydrogen-bond acceptors (Lipinski definition) is 1. The molecular formula is C22H24FNO. The van der Waals surface area contributed by atoms with Crippen LogP contribution < -0.4 is 0 Å². The molecule has 2 aromatic carbocycles. The fraction of sp³-hybridized carbons (Fsp3) is 0.409. The van der Waals surface area contributed by atoms with Gasteiger partial charge in [0.25, 0.3) is 0 Å². The minimum Gasteiger partial charge on any atom is -0.332 e. The minimum absolute atomic E-state index is 0.0987. The van der Waals surface area contributed by atoms with Crippen molar-refractivity contribution < 1.29 is 9.18 Å². The van der Waals surface area contributed by atoms with E-state index in [0.29, 0.717) is 18.8 Å². The van der Waals surface area contributed by atoms with Gasteiger partial charge in [-0.3, -0.25) is 4.79 Å². The van der Waals surface area contributed by atoms with E-state index in [4.69, 9.17) is 0 Å². The van der Waals surface area contributed by atoms with Crippen LogP contribution in [0.2, 0.25) is 0 Å². The lowest BCUT2D eigenvalue weighted by atomic mass is 9.61. The maximum absolute atomic E-state index is 13.3. The number of nitrogens with zero attached hydrogens (tertiary/aromatic N) is 1. The van der Waals surface area contributed by atoms with Crippen LogP contribution in [-0.4, -0.2) is 17.4 Å². The lowest BCUT2D eigenvalue weighted by Crippen LogP contribution is -2.67. The maximum Gasteiger partial charge on any atom is 0.223 e. The normalized spacial score (nSPS) is 25.2. The van der Waals surface area contributed by atoms with Crippen LogP contribution in [0, 0.1) is 11.7 Å². The Kier molecular flexibility index (Phi) is 4.32. The topological polar surface area (TPSA) is 20.3 Å². The van der Waals surface area contributed by atoms with Gasteiger partial charge < -0.3 is 4.90 Å². The summed E-state index contributed by atoms with van der Waals surface area (Å²) in [7, 11) is 0. The first kappa shape index (κ1) is 16.3. The standard InChI is InChI=1S/C22H24FNO/c23-20-11-6-7-17(15-20)12-13-21(25)24-16-19-10-4-5-14-22(19,24)18-8-2-1-3-9-18/h1-3,6-9,11,15,19H,4-5,10,12-14,16H2/t19-,22-/m0/s1. The van der Waals surface area contributed by atoms with Gasteiger partial charge in [0.1, 0.15) is 5.82 Å². The first-order valence-corrected chi connectivity index (χ1v) is 9.30. The predicted octanol–water partition coefficient (Wildman–Crippen LogP) is 4.69. The van der Waals surface area contributed by atoms with Gasteiger partial charge >= 0.3 is 0 Å². The Morgan fingerprint density at radius 3 is 2.72 bits per heavy atom. The van der Waals surface area contributed by atoms with Gasteiger partial charge in [-0.1, -0.05) is 55.3 Å². The van der Waals surface area contributed by atoms with Crippen LogP contribution in [0.5, 0.6) is 0 Å². The van der Waals surface area contributed by atoms with E-state index in [0.717, 1.165) is 18.5 Å². The highest BCUT2D eigenvalue weighted by Gasteiger charge is 2.56. The number of carbonyl (C=O) groups is 1. The van der Waals surface area contributed by atoms with Crippen LogP contribution in [0.3, 0.4) is 0 Å². The van der Waals surface area contributed by atoms with Gasteiger partial charge in [0.05, 0.1) is 5.54 Å². The van der Waals surface area contributed by atoms with E-state index >= 15 is 0 Å². The van der Waals surface area contributed by atoms with Gasteiger partial charge in [0.15, 0.2) is 0 Å². The number of likely N-dealkylation sites (tertiary alicyclic amines) is 1. The predicted molar refractivity (Wildman–Crippen MR) is 96.5 cm³/mol. The van der Waals surface area contributed by atoms with Crippen LogP contribution in [0.15, 0.2) is 54.6 Å². The van der Waals surface area contributed by atoms with E-state index < -0.39 is 0 Å². The van der Waals surface area contributed by atoms with Crippen molar-refractivity contribution in [1.29, 1.82) is 0 Å². The molecular weight excluding hydrogens is 313 g/mol. The van der Waals surface area contributed by atoms with Crippen LogP contribution >= 0.6 is 0 Å². The zero-order valence-corrected chi connectivity index (χ0v) is 14.5. The highest BCUT2D eigenvalue weighted by atomic mass is 19.1. The molecule has 1 amide bonds. The van der Waals surface area contributed by atoms with E-state index in [1.165, 1.54) is 37.0 Å². The van der Waals surface area contributed by atoms with E-state index in [1.807, 2.05) is 12.1 Å². The molecule has 25 heavy (non-hydrogen) atoms.